The summed E-state index contributed by atoms with van der Waals surface area (Å²) < 4.78 is 14.2. The maximum Gasteiger partial charge on any atom is 0.257 e. The van der Waals surface area contributed by atoms with Crippen molar-refractivity contribution in [2.75, 3.05) is 0 Å². The van der Waals surface area contributed by atoms with E-state index in [0.29, 0.717) is 5.16 Å². The molecule has 3 aromatic rings. The third-order valence-corrected chi connectivity index (χ3v) is 3.26. The average molecular weight is 309 g/mol. The van der Waals surface area contributed by atoms with Gasteiger partial charge in [0.15, 0.2) is 5.16 Å². The van der Waals surface area contributed by atoms with Gasteiger partial charge in [0.1, 0.15) is 18.5 Å². The molecule has 0 fully saturated rings. The largest absolute Gasteiger partial charge is 0.257 e. The summed E-state index contributed by atoms with van der Waals surface area (Å²) in [5, 5.41) is 4.36. The molecule has 0 spiro atoms. The van der Waals surface area contributed by atoms with Gasteiger partial charge in [-0.1, -0.05) is 0 Å². The van der Waals surface area contributed by atoms with Crippen LogP contribution in [-0.4, -0.2) is 29.7 Å². The lowest BCUT2D eigenvalue weighted by atomic mass is 10.4. The Morgan fingerprint density at radius 1 is 1.10 bits per heavy atom. The van der Waals surface area contributed by atoms with Gasteiger partial charge >= 0.3 is 0 Å². The minimum atomic E-state index is -0.300. The molecule has 3 rings (SSSR count). The van der Waals surface area contributed by atoms with E-state index in [1.807, 2.05) is 0 Å². The highest BCUT2D eigenvalue weighted by Gasteiger charge is 2.09. The summed E-state index contributed by atoms with van der Waals surface area (Å²) >= 11 is 7.11. The van der Waals surface area contributed by atoms with Gasteiger partial charge in [-0.2, -0.15) is 24.7 Å². The summed E-state index contributed by atoms with van der Waals surface area (Å²) in [4.78, 5) is 16.8. The summed E-state index contributed by atoms with van der Waals surface area (Å²) in [5.41, 5.74) is 0. The highest BCUT2D eigenvalue weighted by atomic mass is 35.5. The van der Waals surface area contributed by atoms with E-state index in [0.717, 1.165) is 4.90 Å². The van der Waals surface area contributed by atoms with Crippen LogP contribution in [0.2, 0.25) is 5.28 Å². The van der Waals surface area contributed by atoms with Gasteiger partial charge in [0.05, 0.1) is 0 Å². The first kappa shape index (κ1) is 12.9. The molecular weight excluding hydrogens is 303 g/mol. The van der Waals surface area contributed by atoms with Crippen molar-refractivity contribution < 1.29 is 4.39 Å². The molecule has 2 aromatic heterocycles. The molecule has 0 radical (unpaired) electrons. The Labute approximate surface area is 122 Å². The molecule has 0 bridgehead atoms. The Bertz CT molecular complexity index is 718. The van der Waals surface area contributed by atoms with Crippen LogP contribution < -0.4 is 0 Å². The minimum Gasteiger partial charge on any atom is -0.223 e. The number of aromatic nitrogens is 6. The Morgan fingerprint density at radius 2 is 1.90 bits per heavy atom. The van der Waals surface area contributed by atoms with Gasteiger partial charge in [-0.15, -0.1) is 0 Å². The smallest absolute Gasteiger partial charge is 0.223 e. The number of hydrogen-bond acceptors (Lipinski definition) is 6. The molecule has 0 unspecified atom stereocenters. The van der Waals surface area contributed by atoms with Crippen LogP contribution >= 0.6 is 23.4 Å². The molecule has 9 heteroatoms. The van der Waals surface area contributed by atoms with Gasteiger partial charge in [-0.3, -0.25) is 0 Å². The number of hydrogen-bond donors (Lipinski definition) is 0. The molecule has 0 saturated heterocycles. The topological polar surface area (TPSA) is 69.4 Å². The van der Waals surface area contributed by atoms with E-state index in [9.17, 15) is 4.39 Å². The van der Waals surface area contributed by atoms with Crippen LogP contribution in [0, 0.1) is 5.82 Å². The lowest BCUT2D eigenvalue weighted by molar-refractivity contribution is 0.626. The van der Waals surface area contributed by atoms with E-state index in [4.69, 9.17) is 11.6 Å². The van der Waals surface area contributed by atoms with Crippen molar-refractivity contribution in [3.8, 4) is 5.95 Å². The Hall–Kier alpha value is -2.06. The van der Waals surface area contributed by atoms with E-state index in [1.54, 1.807) is 12.1 Å². The molecule has 0 atom stereocenters. The van der Waals surface area contributed by atoms with Crippen molar-refractivity contribution in [2.24, 2.45) is 0 Å². The summed E-state index contributed by atoms with van der Waals surface area (Å²) in [7, 11) is 0. The Morgan fingerprint density at radius 3 is 2.60 bits per heavy atom. The lowest BCUT2D eigenvalue weighted by Crippen LogP contribution is -2.04. The summed E-state index contributed by atoms with van der Waals surface area (Å²) in [6.45, 7) is 0. The SMILES string of the molecule is Fc1ccc(Sc2nc(Cl)nc(-n3cncn3)n2)cc1. The summed E-state index contributed by atoms with van der Waals surface area (Å²) in [6, 6.07) is 5.99. The van der Waals surface area contributed by atoms with Crippen molar-refractivity contribution in [1.29, 1.82) is 0 Å². The van der Waals surface area contributed by atoms with E-state index in [1.165, 1.54) is 41.2 Å². The molecule has 0 N–H and O–H groups in total. The van der Waals surface area contributed by atoms with E-state index >= 15 is 0 Å². The molecule has 20 heavy (non-hydrogen) atoms. The maximum atomic E-state index is 12.8. The van der Waals surface area contributed by atoms with Gasteiger partial charge < -0.3 is 0 Å². The van der Waals surface area contributed by atoms with Crippen LogP contribution in [-0.2, 0) is 0 Å². The molecule has 6 nitrogen and oxygen atoms in total. The first-order chi connectivity index (χ1) is 9.70. The zero-order chi connectivity index (χ0) is 13.9. The fraction of sp³-hybridized carbons (Fsp3) is 0. The van der Waals surface area contributed by atoms with Gasteiger partial charge in [0.25, 0.3) is 5.95 Å². The molecule has 0 aliphatic heterocycles. The van der Waals surface area contributed by atoms with Crippen molar-refractivity contribution in [1.82, 2.24) is 29.7 Å². The average Bonchev–Trinajstić information content (AvgIpc) is 2.95. The normalized spacial score (nSPS) is 10.7. The van der Waals surface area contributed by atoms with Gasteiger partial charge in [-0.05, 0) is 47.6 Å². The lowest BCUT2D eigenvalue weighted by Gasteiger charge is -2.03. The van der Waals surface area contributed by atoms with Crippen LogP contribution in [0.1, 0.15) is 0 Å². The van der Waals surface area contributed by atoms with Crippen molar-refractivity contribution in [2.45, 2.75) is 10.1 Å². The molecule has 100 valence electrons. The van der Waals surface area contributed by atoms with E-state index < -0.39 is 0 Å². The quantitative estimate of drug-likeness (QED) is 0.740. The molecule has 0 aliphatic rings. The second kappa shape index (κ2) is 5.51. The summed E-state index contributed by atoms with van der Waals surface area (Å²) in [5.74, 6) is -0.0292. The van der Waals surface area contributed by atoms with Crippen LogP contribution in [0.15, 0.2) is 47.0 Å². The van der Waals surface area contributed by atoms with Crippen LogP contribution in [0.5, 0.6) is 0 Å². The highest BCUT2D eigenvalue weighted by Crippen LogP contribution is 2.25. The molecule has 0 saturated carbocycles. The second-order valence-electron chi connectivity index (χ2n) is 3.58. The van der Waals surface area contributed by atoms with Crippen molar-refractivity contribution in [3.63, 3.8) is 0 Å². The van der Waals surface area contributed by atoms with Crippen molar-refractivity contribution >= 4 is 23.4 Å². The van der Waals surface area contributed by atoms with Crippen molar-refractivity contribution in [3.05, 3.63) is 48.0 Å². The number of halogens is 2. The van der Waals surface area contributed by atoms with Gasteiger partial charge in [-0.25, -0.2) is 9.37 Å². The first-order valence-corrected chi connectivity index (χ1v) is 6.60. The standard InChI is InChI=1S/C11H6ClFN6S/c12-9-16-10(19-6-14-5-15-19)18-11(17-9)20-8-3-1-7(13)2-4-8/h1-6H. The third-order valence-electron chi connectivity index (χ3n) is 2.22. The summed E-state index contributed by atoms with van der Waals surface area (Å²) in [6.07, 6.45) is 2.82. The number of nitrogens with zero attached hydrogens (tertiary/aromatic N) is 6. The van der Waals surface area contributed by atoms with E-state index in [-0.39, 0.29) is 17.0 Å². The fourth-order valence-corrected chi connectivity index (χ4v) is 2.34. The highest BCUT2D eigenvalue weighted by molar-refractivity contribution is 7.99. The van der Waals surface area contributed by atoms with Crippen LogP contribution in [0.3, 0.4) is 0 Å². The van der Waals surface area contributed by atoms with E-state index in [2.05, 4.69) is 25.0 Å². The maximum absolute atomic E-state index is 12.8. The Kier molecular flexibility index (Phi) is 3.57. The zero-order valence-electron chi connectivity index (χ0n) is 9.81. The molecular formula is C11H6ClFN6S. The van der Waals surface area contributed by atoms with Gasteiger partial charge in [0.2, 0.25) is 5.28 Å². The fourth-order valence-electron chi connectivity index (χ4n) is 1.39. The number of benzene rings is 1. The second-order valence-corrected chi connectivity index (χ2v) is 4.96. The van der Waals surface area contributed by atoms with Gasteiger partial charge in [0, 0.05) is 4.90 Å². The predicted molar refractivity (Wildman–Crippen MR) is 70.3 cm³/mol. The van der Waals surface area contributed by atoms with Crippen LogP contribution in [0.4, 0.5) is 4.39 Å². The Balaban J connectivity index is 1.92. The number of rotatable bonds is 3. The van der Waals surface area contributed by atoms with Crippen LogP contribution in [0.25, 0.3) is 5.95 Å². The third kappa shape index (κ3) is 2.91. The zero-order valence-corrected chi connectivity index (χ0v) is 11.4. The first-order valence-electron chi connectivity index (χ1n) is 5.41. The molecule has 1 aromatic carbocycles. The monoisotopic (exact) mass is 308 g/mol. The predicted octanol–water partition coefficient (Wildman–Crippen LogP) is 2.40. The molecule has 0 aliphatic carbocycles. The molecule has 0 amide bonds. The minimum absolute atomic E-state index is 0.0510. The molecule has 2 heterocycles.